The molecule has 0 radical (unpaired) electrons. The van der Waals surface area contributed by atoms with E-state index in [1.54, 1.807) is 0 Å². The van der Waals surface area contributed by atoms with Crippen molar-refractivity contribution in [2.24, 2.45) is 0 Å². The van der Waals surface area contributed by atoms with Gasteiger partial charge in [-0.2, -0.15) is 15.3 Å². The maximum Gasteiger partial charge on any atom is 0.0655 e. The van der Waals surface area contributed by atoms with Crippen LogP contribution in [0.2, 0.25) is 0 Å². The second kappa shape index (κ2) is 11.2. The zero-order chi connectivity index (χ0) is 24.1. The van der Waals surface area contributed by atoms with E-state index in [1.165, 1.54) is 42.8 Å². The summed E-state index contributed by atoms with van der Waals surface area (Å²) in [4.78, 5) is 0. The minimum atomic E-state index is 0.475. The van der Waals surface area contributed by atoms with Gasteiger partial charge in [-0.3, -0.25) is 14.0 Å². The molecule has 3 aromatic rings. The van der Waals surface area contributed by atoms with Gasteiger partial charge < -0.3 is 0 Å². The van der Waals surface area contributed by atoms with Crippen LogP contribution in [0, 0.1) is 0 Å². The van der Waals surface area contributed by atoms with Crippen molar-refractivity contribution >= 4 is 0 Å². The molecule has 3 aromatic heterocycles. The Morgan fingerprint density at radius 1 is 0.636 bits per heavy atom. The predicted octanol–water partition coefficient (Wildman–Crippen LogP) is 7.27. The molecule has 0 aromatic carbocycles. The van der Waals surface area contributed by atoms with Crippen LogP contribution in [0.3, 0.4) is 0 Å². The smallest absolute Gasteiger partial charge is 0.0655 e. The molecule has 2 saturated carbocycles. The Bertz CT molecular complexity index is 792. The van der Waals surface area contributed by atoms with Crippen molar-refractivity contribution in [1.29, 1.82) is 0 Å². The summed E-state index contributed by atoms with van der Waals surface area (Å²) >= 11 is 0. The topological polar surface area (TPSA) is 53.5 Å². The summed E-state index contributed by atoms with van der Waals surface area (Å²) < 4.78 is 6.14. The summed E-state index contributed by atoms with van der Waals surface area (Å²) in [5, 5.41) is 13.4. The quantitative estimate of drug-likeness (QED) is 0.395. The molecule has 0 atom stereocenters. The van der Waals surface area contributed by atoms with Crippen molar-refractivity contribution in [3.05, 3.63) is 53.9 Å². The molecule has 0 saturated heterocycles. The molecule has 33 heavy (non-hydrogen) atoms. The summed E-state index contributed by atoms with van der Waals surface area (Å²) in [5.41, 5.74) is 3.69. The van der Waals surface area contributed by atoms with E-state index in [-0.39, 0.29) is 0 Å². The Labute approximate surface area is 200 Å². The van der Waals surface area contributed by atoms with Crippen LogP contribution >= 0.6 is 0 Å². The van der Waals surface area contributed by atoms with E-state index in [2.05, 4.69) is 106 Å². The molecule has 0 N–H and O–H groups in total. The van der Waals surface area contributed by atoms with Crippen LogP contribution in [0.1, 0.15) is 134 Å². The highest BCUT2D eigenvalue weighted by atomic mass is 15.3. The summed E-state index contributed by atoms with van der Waals surface area (Å²) in [7, 11) is 0. The second-order valence-electron chi connectivity index (χ2n) is 10.7. The van der Waals surface area contributed by atoms with E-state index in [1.807, 2.05) is 15.6 Å². The van der Waals surface area contributed by atoms with Crippen molar-refractivity contribution in [3.63, 3.8) is 0 Å². The first-order valence-corrected chi connectivity index (χ1v) is 12.8. The zero-order valence-corrected chi connectivity index (χ0v) is 21.9. The van der Waals surface area contributed by atoms with Crippen molar-refractivity contribution in [2.45, 2.75) is 117 Å². The van der Waals surface area contributed by atoms with Crippen LogP contribution in [0.5, 0.6) is 0 Å². The molecule has 2 aliphatic rings. The van der Waals surface area contributed by atoms with E-state index in [9.17, 15) is 0 Å². The van der Waals surface area contributed by atoms with Gasteiger partial charge in [0.05, 0.1) is 23.1 Å². The number of hydrogen-bond acceptors (Lipinski definition) is 3. The van der Waals surface area contributed by atoms with Crippen LogP contribution in [0.25, 0.3) is 0 Å². The molecule has 6 nitrogen and oxygen atoms in total. The van der Waals surface area contributed by atoms with Gasteiger partial charge in [0.25, 0.3) is 0 Å². The van der Waals surface area contributed by atoms with Crippen molar-refractivity contribution in [3.8, 4) is 0 Å². The van der Waals surface area contributed by atoms with Crippen LogP contribution in [0.15, 0.2) is 36.8 Å². The van der Waals surface area contributed by atoms with Gasteiger partial charge in [-0.15, -0.1) is 0 Å². The molecule has 2 fully saturated rings. The van der Waals surface area contributed by atoms with Crippen molar-refractivity contribution < 1.29 is 0 Å². The third-order valence-corrected chi connectivity index (χ3v) is 6.04. The zero-order valence-electron chi connectivity index (χ0n) is 21.9. The van der Waals surface area contributed by atoms with Gasteiger partial charge in [0.1, 0.15) is 0 Å². The van der Waals surface area contributed by atoms with Gasteiger partial charge >= 0.3 is 0 Å². The Balaban J connectivity index is 0.000000139. The molecule has 3 heterocycles. The van der Waals surface area contributed by atoms with Gasteiger partial charge in [-0.25, -0.2) is 0 Å². The van der Waals surface area contributed by atoms with E-state index in [4.69, 9.17) is 0 Å². The molecule has 6 heteroatoms. The second-order valence-corrected chi connectivity index (χ2v) is 10.7. The van der Waals surface area contributed by atoms with E-state index >= 15 is 0 Å². The first kappa shape index (κ1) is 25.3. The van der Waals surface area contributed by atoms with E-state index < -0.39 is 0 Å². The van der Waals surface area contributed by atoms with Gasteiger partial charge in [-0.1, -0.05) is 27.7 Å². The fraction of sp³-hybridized carbons (Fsp3) is 0.667. The van der Waals surface area contributed by atoms with Crippen LogP contribution in [-0.4, -0.2) is 29.3 Å². The van der Waals surface area contributed by atoms with Gasteiger partial charge in [0, 0.05) is 36.6 Å². The van der Waals surface area contributed by atoms with Crippen molar-refractivity contribution in [1.82, 2.24) is 29.3 Å². The highest BCUT2D eigenvalue weighted by molar-refractivity contribution is 5.12. The minimum Gasteiger partial charge on any atom is -0.270 e. The monoisotopic (exact) mass is 452 g/mol. The maximum atomic E-state index is 4.49. The third kappa shape index (κ3) is 7.58. The van der Waals surface area contributed by atoms with Gasteiger partial charge in [-0.05, 0) is 83.4 Å². The highest BCUT2D eigenvalue weighted by Gasteiger charge is 2.26. The number of hydrogen-bond donors (Lipinski definition) is 0. The molecule has 0 unspecified atom stereocenters. The number of nitrogens with zero attached hydrogens (tertiary/aromatic N) is 6. The summed E-state index contributed by atoms with van der Waals surface area (Å²) in [6, 6.07) is 8.07. The average molecular weight is 453 g/mol. The van der Waals surface area contributed by atoms with Gasteiger partial charge in [0.2, 0.25) is 0 Å². The first-order valence-electron chi connectivity index (χ1n) is 12.8. The molecular weight excluding hydrogens is 408 g/mol. The lowest BCUT2D eigenvalue weighted by molar-refractivity contribution is 0.523. The molecule has 0 spiro atoms. The van der Waals surface area contributed by atoms with Crippen LogP contribution < -0.4 is 0 Å². The van der Waals surface area contributed by atoms with E-state index in [0.717, 1.165) is 12.0 Å². The largest absolute Gasteiger partial charge is 0.270 e. The lowest BCUT2D eigenvalue weighted by Crippen LogP contribution is -2.02. The number of rotatable bonds is 6. The SMILES string of the molecule is CC(C)c1ccn(C(C)C)n1.CC(C)c1ccn(C2CC2)n1.CC(C)n1ccc(C2CC2)n1. The molecular formula is C27H44N6. The highest BCUT2D eigenvalue weighted by Crippen LogP contribution is 2.39. The molecule has 0 bridgehead atoms. The molecule has 0 amide bonds. The lowest BCUT2D eigenvalue weighted by atomic mass is 10.1. The van der Waals surface area contributed by atoms with E-state index in [0.29, 0.717) is 23.9 Å². The number of aromatic nitrogens is 6. The van der Waals surface area contributed by atoms with Crippen LogP contribution in [-0.2, 0) is 0 Å². The predicted molar refractivity (Wildman–Crippen MR) is 136 cm³/mol. The first-order chi connectivity index (χ1) is 15.7. The van der Waals surface area contributed by atoms with Gasteiger partial charge in [0.15, 0.2) is 0 Å². The minimum absolute atomic E-state index is 0.475. The fourth-order valence-corrected chi connectivity index (χ4v) is 3.39. The summed E-state index contributed by atoms with van der Waals surface area (Å²) in [6.07, 6.45) is 11.5. The standard InChI is InChI=1S/2C9H14N2.C9H16N2/c1-7(2)11-6-5-9(10-11)8-3-4-8;1-7(2)9-5-6-11(10-9)8-3-4-8;1-7(2)9-5-6-11(10-9)8(3)4/h2*5-8H,3-4H2,1-2H3;5-8H,1-4H3. The molecule has 5 rings (SSSR count). The average Bonchev–Trinajstić information content (AvgIpc) is 3.61. The maximum absolute atomic E-state index is 4.49. The molecule has 0 aliphatic heterocycles. The fourth-order valence-electron chi connectivity index (χ4n) is 3.39. The lowest BCUT2D eigenvalue weighted by Gasteiger charge is -2.04. The Kier molecular flexibility index (Phi) is 8.55. The molecule has 182 valence electrons. The Morgan fingerprint density at radius 3 is 1.55 bits per heavy atom. The Morgan fingerprint density at radius 2 is 1.15 bits per heavy atom. The normalized spacial score (nSPS) is 15.6. The van der Waals surface area contributed by atoms with Crippen molar-refractivity contribution in [2.75, 3.05) is 0 Å². The van der Waals surface area contributed by atoms with Crippen LogP contribution in [0.4, 0.5) is 0 Å². The summed E-state index contributed by atoms with van der Waals surface area (Å²) in [6.45, 7) is 17.3. The summed E-state index contributed by atoms with van der Waals surface area (Å²) in [5.74, 6) is 1.89. The third-order valence-electron chi connectivity index (χ3n) is 6.04. The molecule has 2 aliphatic carbocycles. The Hall–Kier alpha value is -2.37.